The molecule has 1 fully saturated rings. The van der Waals surface area contributed by atoms with E-state index in [0.29, 0.717) is 12.1 Å². The van der Waals surface area contributed by atoms with E-state index < -0.39 is 0 Å². The highest BCUT2D eigenvalue weighted by Crippen LogP contribution is 2.22. The summed E-state index contributed by atoms with van der Waals surface area (Å²) in [6, 6.07) is 5.01. The zero-order chi connectivity index (χ0) is 14.5. The van der Waals surface area contributed by atoms with Crippen LogP contribution in [0, 0.1) is 20.8 Å². The van der Waals surface area contributed by atoms with Gasteiger partial charge in [0.05, 0.1) is 12.7 Å². The molecule has 1 aliphatic heterocycles. The zero-order valence-electron chi connectivity index (χ0n) is 13.2. The lowest BCUT2D eigenvalue weighted by atomic mass is 9.92. The summed E-state index contributed by atoms with van der Waals surface area (Å²) in [5, 5.41) is 3.63. The lowest BCUT2D eigenvalue weighted by molar-refractivity contribution is 0.0475. The third-order valence-corrected chi connectivity index (χ3v) is 5.04. The van der Waals surface area contributed by atoms with Crippen LogP contribution in [0.1, 0.15) is 29.2 Å². The normalized spacial score (nSPS) is 20.9. The molecule has 1 saturated heterocycles. The van der Waals surface area contributed by atoms with Crippen molar-refractivity contribution in [2.45, 2.75) is 46.3 Å². The second-order valence-corrected chi connectivity index (χ2v) is 6.88. The Balaban J connectivity index is 2.15. The largest absolute Gasteiger partial charge is 0.375 e. The zero-order valence-corrected chi connectivity index (χ0v) is 14.0. The van der Waals surface area contributed by atoms with E-state index >= 15 is 0 Å². The first-order valence-corrected chi connectivity index (χ1v) is 8.76. The minimum Gasteiger partial charge on any atom is -0.375 e. The molecule has 2 nitrogen and oxygen atoms in total. The standard InChI is InChI=1S/C17H27NOS/c1-5-18-16(17-11-20-7-6-19-17)10-15-13(3)8-12(2)9-14(15)4/h8-9,16-18H,5-7,10-11H2,1-4H3. The number of aryl methyl sites for hydroxylation is 3. The maximum atomic E-state index is 5.98. The van der Waals surface area contributed by atoms with E-state index in [1.165, 1.54) is 22.3 Å². The van der Waals surface area contributed by atoms with E-state index in [2.05, 4.69) is 45.1 Å². The first-order valence-electron chi connectivity index (χ1n) is 7.61. The lowest BCUT2D eigenvalue weighted by Gasteiger charge is -2.31. The molecule has 0 saturated carbocycles. The van der Waals surface area contributed by atoms with Crippen LogP contribution in [0.2, 0.25) is 0 Å². The summed E-state index contributed by atoms with van der Waals surface area (Å²) in [5.74, 6) is 2.25. The fourth-order valence-electron chi connectivity index (χ4n) is 3.09. The third kappa shape index (κ3) is 4.00. The van der Waals surface area contributed by atoms with Crippen LogP contribution < -0.4 is 5.32 Å². The van der Waals surface area contributed by atoms with Crippen LogP contribution >= 0.6 is 11.8 Å². The van der Waals surface area contributed by atoms with Crippen molar-refractivity contribution in [3.63, 3.8) is 0 Å². The molecule has 2 unspecified atom stereocenters. The van der Waals surface area contributed by atoms with Crippen molar-refractivity contribution < 1.29 is 4.74 Å². The highest BCUT2D eigenvalue weighted by molar-refractivity contribution is 7.99. The lowest BCUT2D eigenvalue weighted by Crippen LogP contribution is -2.46. The molecule has 2 rings (SSSR count). The number of rotatable bonds is 5. The average Bonchev–Trinajstić information content (AvgIpc) is 2.42. The number of thioether (sulfide) groups is 1. The summed E-state index contributed by atoms with van der Waals surface area (Å²) in [5.41, 5.74) is 5.66. The number of ether oxygens (including phenoxy) is 1. The van der Waals surface area contributed by atoms with Gasteiger partial charge in [-0.2, -0.15) is 11.8 Å². The molecule has 20 heavy (non-hydrogen) atoms. The van der Waals surface area contributed by atoms with Gasteiger partial charge in [0, 0.05) is 17.5 Å². The van der Waals surface area contributed by atoms with Gasteiger partial charge in [0.25, 0.3) is 0 Å². The van der Waals surface area contributed by atoms with Crippen LogP contribution in [0.3, 0.4) is 0 Å². The molecule has 0 aromatic heterocycles. The van der Waals surface area contributed by atoms with Crippen molar-refractivity contribution in [1.82, 2.24) is 5.32 Å². The van der Waals surface area contributed by atoms with Crippen LogP contribution in [-0.2, 0) is 11.2 Å². The SMILES string of the molecule is CCNC(Cc1c(C)cc(C)cc1C)C1CSCCO1. The van der Waals surface area contributed by atoms with E-state index in [1.54, 1.807) is 0 Å². The average molecular weight is 293 g/mol. The molecule has 1 aliphatic rings. The number of likely N-dealkylation sites (N-methyl/N-ethyl adjacent to an activating group) is 1. The number of hydrogen-bond acceptors (Lipinski definition) is 3. The summed E-state index contributed by atoms with van der Waals surface area (Å²) in [6.07, 6.45) is 1.41. The molecule has 1 aromatic carbocycles. The Labute approximate surface area is 127 Å². The molecular weight excluding hydrogens is 266 g/mol. The second kappa shape index (κ2) is 7.48. The van der Waals surface area contributed by atoms with E-state index in [4.69, 9.17) is 4.74 Å². The number of hydrogen-bond donors (Lipinski definition) is 1. The highest BCUT2D eigenvalue weighted by Gasteiger charge is 2.25. The Hall–Kier alpha value is -0.510. The molecule has 0 spiro atoms. The molecule has 2 atom stereocenters. The van der Waals surface area contributed by atoms with Crippen LogP contribution in [0.5, 0.6) is 0 Å². The van der Waals surface area contributed by atoms with Gasteiger partial charge in [-0.3, -0.25) is 0 Å². The second-order valence-electron chi connectivity index (χ2n) is 5.73. The topological polar surface area (TPSA) is 21.3 Å². The summed E-state index contributed by atoms with van der Waals surface area (Å²) in [7, 11) is 0. The number of benzene rings is 1. The van der Waals surface area contributed by atoms with E-state index in [-0.39, 0.29) is 0 Å². The van der Waals surface area contributed by atoms with Gasteiger partial charge in [0.1, 0.15) is 0 Å². The van der Waals surface area contributed by atoms with Crippen LogP contribution in [0.4, 0.5) is 0 Å². The van der Waals surface area contributed by atoms with E-state index in [0.717, 1.165) is 31.1 Å². The highest BCUT2D eigenvalue weighted by atomic mass is 32.2. The third-order valence-electron chi connectivity index (χ3n) is 4.02. The molecule has 1 aromatic rings. The Kier molecular flexibility index (Phi) is 5.94. The Morgan fingerprint density at radius 1 is 1.30 bits per heavy atom. The van der Waals surface area contributed by atoms with Gasteiger partial charge in [-0.25, -0.2) is 0 Å². The molecule has 0 amide bonds. The minimum absolute atomic E-state index is 0.341. The van der Waals surface area contributed by atoms with Gasteiger partial charge < -0.3 is 10.1 Å². The molecule has 112 valence electrons. The van der Waals surface area contributed by atoms with Crippen molar-refractivity contribution >= 4 is 11.8 Å². The van der Waals surface area contributed by atoms with Crippen molar-refractivity contribution in [2.24, 2.45) is 0 Å². The van der Waals surface area contributed by atoms with Gasteiger partial charge in [-0.15, -0.1) is 0 Å². The molecular formula is C17H27NOS. The van der Waals surface area contributed by atoms with Crippen molar-refractivity contribution in [3.8, 4) is 0 Å². The molecule has 1 heterocycles. The quantitative estimate of drug-likeness (QED) is 0.900. The molecule has 0 aliphatic carbocycles. The van der Waals surface area contributed by atoms with E-state index in [9.17, 15) is 0 Å². The van der Waals surface area contributed by atoms with Crippen LogP contribution in [0.15, 0.2) is 12.1 Å². The van der Waals surface area contributed by atoms with Gasteiger partial charge in [-0.1, -0.05) is 24.6 Å². The van der Waals surface area contributed by atoms with Crippen LogP contribution in [0.25, 0.3) is 0 Å². The van der Waals surface area contributed by atoms with E-state index in [1.807, 2.05) is 11.8 Å². The Morgan fingerprint density at radius 3 is 2.55 bits per heavy atom. The summed E-state index contributed by atoms with van der Waals surface area (Å²) >= 11 is 2.01. The predicted octanol–water partition coefficient (Wildman–Crippen LogP) is 3.26. The molecule has 3 heteroatoms. The molecule has 0 bridgehead atoms. The number of nitrogens with one attached hydrogen (secondary N) is 1. The maximum Gasteiger partial charge on any atom is 0.0821 e. The maximum absolute atomic E-state index is 5.98. The van der Waals surface area contributed by atoms with Gasteiger partial charge >= 0.3 is 0 Å². The minimum atomic E-state index is 0.341. The Morgan fingerprint density at radius 2 is 2.00 bits per heavy atom. The van der Waals surface area contributed by atoms with Crippen molar-refractivity contribution in [1.29, 1.82) is 0 Å². The fraction of sp³-hybridized carbons (Fsp3) is 0.647. The summed E-state index contributed by atoms with van der Waals surface area (Å²) < 4.78 is 5.98. The van der Waals surface area contributed by atoms with Crippen LogP contribution in [-0.4, -0.2) is 36.8 Å². The predicted molar refractivity (Wildman–Crippen MR) is 88.9 cm³/mol. The fourth-order valence-corrected chi connectivity index (χ4v) is 4.03. The van der Waals surface area contributed by atoms with Gasteiger partial charge in [0.15, 0.2) is 0 Å². The summed E-state index contributed by atoms with van der Waals surface area (Å²) in [6.45, 7) is 10.7. The first kappa shape index (κ1) is 15.9. The van der Waals surface area contributed by atoms with Gasteiger partial charge in [-0.05, 0) is 50.4 Å². The van der Waals surface area contributed by atoms with Crippen molar-refractivity contribution in [3.05, 3.63) is 34.4 Å². The first-order chi connectivity index (χ1) is 9.61. The monoisotopic (exact) mass is 293 g/mol. The molecule has 0 radical (unpaired) electrons. The van der Waals surface area contributed by atoms with Gasteiger partial charge in [0.2, 0.25) is 0 Å². The smallest absolute Gasteiger partial charge is 0.0821 e. The summed E-state index contributed by atoms with van der Waals surface area (Å²) in [4.78, 5) is 0. The molecule has 1 N–H and O–H groups in total. The van der Waals surface area contributed by atoms with Crippen molar-refractivity contribution in [2.75, 3.05) is 24.7 Å². The Bertz CT molecular complexity index is 418.